The lowest BCUT2D eigenvalue weighted by molar-refractivity contribution is 0.0846. The minimum absolute atomic E-state index is 0. The normalized spacial score (nSPS) is 19.2. The first kappa shape index (κ1) is 20.4. The van der Waals surface area contributed by atoms with Crippen LogP contribution in [-0.2, 0) is 6.42 Å². The number of aliphatic hydroxyl groups is 1. The third-order valence-electron chi connectivity index (χ3n) is 4.71. The van der Waals surface area contributed by atoms with E-state index in [9.17, 15) is 9.90 Å². The molecular formula is C19H27ClN4O2. The summed E-state index contributed by atoms with van der Waals surface area (Å²) in [4.78, 5) is 12.4. The van der Waals surface area contributed by atoms with Crippen molar-refractivity contribution >= 4 is 18.3 Å². The first-order chi connectivity index (χ1) is 12.1. The highest BCUT2D eigenvalue weighted by molar-refractivity contribution is 5.92. The molecule has 142 valence electrons. The van der Waals surface area contributed by atoms with Crippen molar-refractivity contribution in [2.75, 3.05) is 13.1 Å². The molecule has 6 nitrogen and oxygen atoms in total. The first-order valence-electron chi connectivity index (χ1n) is 8.92. The fraction of sp³-hybridized carbons (Fsp3) is 0.474. The van der Waals surface area contributed by atoms with Gasteiger partial charge >= 0.3 is 0 Å². The van der Waals surface area contributed by atoms with Gasteiger partial charge in [-0.1, -0.05) is 30.3 Å². The van der Waals surface area contributed by atoms with Gasteiger partial charge in [0.15, 0.2) is 0 Å². The van der Waals surface area contributed by atoms with Crippen molar-refractivity contribution in [3.05, 3.63) is 53.9 Å². The summed E-state index contributed by atoms with van der Waals surface area (Å²) >= 11 is 0. The average molecular weight is 379 g/mol. The zero-order valence-corrected chi connectivity index (χ0v) is 15.8. The standard InChI is InChI=1S/C19H26N4O2.ClH/c1-14(18(24)12-15-6-3-2-4-7-15)21-19(25)17-9-11-23(22-17)16-8-5-10-20-13-16;/h2-4,6-7,9,11,14,16,18,20,24H,5,8,10,12-13H2,1H3,(H,21,25);1H. The van der Waals surface area contributed by atoms with Crippen LogP contribution in [0.5, 0.6) is 0 Å². The van der Waals surface area contributed by atoms with Gasteiger partial charge in [0.25, 0.3) is 5.91 Å². The van der Waals surface area contributed by atoms with E-state index in [-0.39, 0.29) is 24.4 Å². The van der Waals surface area contributed by atoms with Crippen molar-refractivity contribution in [2.24, 2.45) is 0 Å². The molecule has 2 aromatic rings. The topological polar surface area (TPSA) is 79.2 Å². The number of carbonyl (C=O) groups is 1. The Morgan fingerprint density at radius 3 is 2.85 bits per heavy atom. The summed E-state index contributed by atoms with van der Waals surface area (Å²) in [5, 5.41) is 20.9. The van der Waals surface area contributed by atoms with E-state index >= 15 is 0 Å². The number of nitrogens with zero attached hydrogens (tertiary/aromatic N) is 2. The van der Waals surface area contributed by atoms with Crippen molar-refractivity contribution in [3.63, 3.8) is 0 Å². The lowest BCUT2D eigenvalue weighted by Gasteiger charge is -2.23. The molecule has 0 aliphatic carbocycles. The Kier molecular flexibility index (Phi) is 7.63. The third kappa shape index (κ3) is 5.30. The third-order valence-corrected chi connectivity index (χ3v) is 4.71. The monoisotopic (exact) mass is 378 g/mol. The van der Waals surface area contributed by atoms with E-state index in [0.29, 0.717) is 18.2 Å². The van der Waals surface area contributed by atoms with Gasteiger partial charge in [0, 0.05) is 19.2 Å². The summed E-state index contributed by atoms with van der Waals surface area (Å²) in [7, 11) is 0. The molecule has 1 aromatic carbocycles. The molecule has 2 heterocycles. The van der Waals surface area contributed by atoms with Gasteiger partial charge in [-0.05, 0) is 37.9 Å². The quantitative estimate of drug-likeness (QED) is 0.717. The van der Waals surface area contributed by atoms with Crippen molar-refractivity contribution in [2.45, 2.75) is 44.4 Å². The maximum absolute atomic E-state index is 12.4. The number of hydrogen-bond acceptors (Lipinski definition) is 4. The van der Waals surface area contributed by atoms with Crippen LogP contribution in [-0.4, -0.2) is 46.0 Å². The molecule has 1 aliphatic heterocycles. The molecule has 1 aromatic heterocycles. The molecule has 0 bridgehead atoms. The van der Waals surface area contributed by atoms with Crippen molar-refractivity contribution in [1.29, 1.82) is 0 Å². The van der Waals surface area contributed by atoms with Crippen LogP contribution in [0.4, 0.5) is 0 Å². The molecule has 7 heteroatoms. The van der Waals surface area contributed by atoms with Crippen LogP contribution in [0, 0.1) is 0 Å². The minimum Gasteiger partial charge on any atom is -0.391 e. The fourth-order valence-corrected chi connectivity index (χ4v) is 3.13. The molecule has 1 aliphatic rings. The Balaban J connectivity index is 0.00000243. The predicted octanol–water partition coefficient (Wildman–Crippen LogP) is 1.95. The second-order valence-electron chi connectivity index (χ2n) is 6.70. The van der Waals surface area contributed by atoms with Gasteiger partial charge in [-0.25, -0.2) is 0 Å². The average Bonchev–Trinajstić information content (AvgIpc) is 3.13. The van der Waals surface area contributed by atoms with Gasteiger partial charge in [-0.15, -0.1) is 12.4 Å². The summed E-state index contributed by atoms with van der Waals surface area (Å²) in [5.41, 5.74) is 1.44. The maximum atomic E-state index is 12.4. The number of amides is 1. The van der Waals surface area contributed by atoms with Gasteiger partial charge in [0.2, 0.25) is 0 Å². The molecule has 0 spiro atoms. The highest BCUT2D eigenvalue weighted by Crippen LogP contribution is 2.16. The number of nitrogens with one attached hydrogen (secondary N) is 2. The van der Waals surface area contributed by atoms with E-state index in [1.807, 2.05) is 48.1 Å². The summed E-state index contributed by atoms with van der Waals surface area (Å²) in [6.45, 7) is 3.74. The molecule has 3 rings (SSSR count). The number of benzene rings is 1. The van der Waals surface area contributed by atoms with Crippen LogP contribution in [0.25, 0.3) is 0 Å². The largest absolute Gasteiger partial charge is 0.391 e. The molecule has 3 atom stereocenters. The number of halogens is 1. The zero-order chi connectivity index (χ0) is 17.6. The Labute approximate surface area is 160 Å². The number of aromatic nitrogens is 2. The molecular weight excluding hydrogens is 352 g/mol. The van der Waals surface area contributed by atoms with Gasteiger partial charge < -0.3 is 15.7 Å². The molecule has 1 amide bonds. The first-order valence-corrected chi connectivity index (χ1v) is 8.92. The summed E-state index contributed by atoms with van der Waals surface area (Å²) in [6.07, 6.45) is 3.91. The van der Waals surface area contributed by atoms with E-state index in [4.69, 9.17) is 0 Å². The van der Waals surface area contributed by atoms with E-state index < -0.39 is 6.10 Å². The van der Waals surface area contributed by atoms with Crippen LogP contribution in [0.2, 0.25) is 0 Å². The van der Waals surface area contributed by atoms with Crippen LogP contribution in [0.15, 0.2) is 42.6 Å². The van der Waals surface area contributed by atoms with E-state index in [0.717, 1.165) is 31.5 Å². The Bertz CT molecular complexity index is 686. The highest BCUT2D eigenvalue weighted by Gasteiger charge is 2.21. The number of hydrogen-bond donors (Lipinski definition) is 3. The Hall–Kier alpha value is -1.89. The van der Waals surface area contributed by atoms with Crippen LogP contribution in [0.3, 0.4) is 0 Å². The number of carbonyl (C=O) groups excluding carboxylic acids is 1. The summed E-state index contributed by atoms with van der Waals surface area (Å²) in [5.74, 6) is -0.248. The second kappa shape index (κ2) is 9.71. The van der Waals surface area contributed by atoms with Crippen LogP contribution < -0.4 is 10.6 Å². The van der Waals surface area contributed by atoms with Crippen molar-refractivity contribution < 1.29 is 9.90 Å². The SMILES string of the molecule is CC(NC(=O)c1ccn(C2CCCNC2)n1)C(O)Cc1ccccc1.Cl. The Morgan fingerprint density at radius 1 is 1.38 bits per heavy atom. The number of rotatable bonds is 6. The molecule has 1 saturated heterocycles. The van der Waals surface area contributed by atoms with Gasteiger partial charge in [0.1, 0.15) is 5.69 Å². The molecule has 1 fully saturated rings. The lowest BCUT2D eigenvalue weighted by Crippen LogP contribution is -2.42. The van der Waals surface area contributed by atoms with E-state index in [1.54, 1.807) is 6.07 Å². The number of piperidine rings is 1. The maximum Gasteiger partial charge on any atom is 0.272 e. The summed E-state index contributed by atoms with van der Waals surface area (Å²) in [6, 6.07) is 11.5. The van der Waals surface area contributed by atoms with E-state index in [1.165, 1.54) is 0 Å². The second-order valence-corrected chi connectivity index (χ2v) is 6.70. The van der Waals surface area contributed by atoms with Gasteiger partial charge in [0.05, 0.1) is 18.2 Å². The van der Waals surface area contributed by atoms with Crippen molar-refractivity contribution in [3.8, 4) is 0 Å². The fourth-order valence-electron chi connectivity index (χ4n) is 3.13. The minimum atomic E-state index is -0.643. The molecule has 3 unspecified atom stereocenters. The number of aliphatic hydroxyl groups excluding tert-OH is 1. The van der Waals surface area contributed by atoms with Gasteiger partial charge in [-0.2, -0.15) is 5.10 Å². The Morgan fingerprint density at radius 2 is 2.15 bits per heavy atom. The molecule has 26 heavy (non-hydrogen) atoms. The summed E-state index contributed by atoms with van der Waals surface area (Å²) < 4.78 is 1.87. The van der Waals surface area contributed by atoms with Gasteiger partial charge in [-0.3, -0.25) is 9.48 Å². The van der Waals surface area contributed by atoms with E-state index in [2.05, 4.69) is 15.7 Å². The molecule has 0 radical (unpaired) electrons. The predicted molar refractivity (Wildman–Crippen MR) is 104 cm³/mol. The molecule has 3 N–H and O–H groups in total. The van der Waals surface area contributed by atoms with Crippen LogP contribution >= 0.6 is 12.4 Å². The molecule has 0 saturated carbocycles. The zero-order valence-electron chi connectivity index (χ0n) is 15.0. The van der Waals surface area contributed by atoms with Crippen molar-refractivity contribution in [1.82, 2.24) is 20.4 Å². The van der Waals surface area contributed by atoms with Crippen LogP contribution in [0.1, 0.15) is 41.9 Å². The lowest BCUT2D eigenvalue weighted by atomic mass is 10.0. The smallest absolute Gasteiger partial charge is 0.272 e. The highest BCUT2D eigenvalue weighted by atomic mass is 35.5.